The van der Waals surface area contributed by atoms with Gasteiger partial charge in [0.05, 0.1) is 12.6 Å². The number of H-pyrrole nitrogens is 1. The number of fused-ring (bicyclic) bond motifs is 3. The summed E-state index contributed by atoms with van der Waals surface area (Å²) in [5.41, 5.74) is 4.89. The van der Waals surface area contributed by atoms with Crippen molar-refractivity contribution in [1.29, 1.82) is 0 Å². The molecule has 0 spiro atoms. The molecule has 0 aliphatic rings. The van der Waals surface area contributed by atoms with E-state index in [0.29, 0.717) is 0 Å². The molecule has 0 bridgehead atoms. The summed E-state index contributed by atoms with van der Waals surface area (Å²) in [7, 11) is 1.72. The van der Waals surface area contributed by atoms with Crippen LogP contribution in [0.3, 0.4) is 0 Å². The van der Waals surface area contributed by atoms with Gasteiger partial charge in [-0.05, 0) is 37.1 Å². The monoisotopic (exact) mass is 225 g/mol. The van der Waals surface area contributed by atoms with E-state index in [1.54, 1.807) is 7.11 Å². The van der Waals surface area contributed by atoms with Crippen molar-refractivity contribution in [1.82, 2.24) is 4.98 Å². The smallest absolute Gasteiger partial charge is 0.128 e. The maximum Gasteiger partial charge on any atom is 0.128 e. The average molecular weight is 225 g/mol. The molecule has 0 fully saturated rings. The number of nitrogens with one attached hydrogen (secondary N) is 1. The lowest BCUT2D eigenvalue weighted by atomic mass is 10.0. The Morgan fingerprint density at radius 3 is 2.47 bits per heavy atom. The van der Waals surface area contributed by atoms with E-state index in [9.17, 15) is 0 Å². The van der Waals surface area contributed by atoms with Crippen LogP contribution in [-0.2, 0) is 0 Å². The zero-order chi connectivity index (χ0) is 12.0. The highest BCUT2D eigenvalue weighted by Crippen LogP contribution is 2.35. The number of ether oxygens (including phenoxy) is 1. The molecule has 1 aromatic heterocycles. The van der Waals surface area contributed by atoms with Crippen molar-refractivity contribution in [3.05, 3.63) is 41.5 Å². The van der Waals surface area contributed by atoms with E-state index >= 15 is 0 Å². The van der Waals surface area contributed by atoms with Gasteiger partial charge in [-0.15, -0.1) is 0 Å². The summed E-state index contributed by atoms with van der Waals surface area (Å²) in [5.74, 6) is 0.933. The highest BCUT2D eigenvalue weighted by atomic mass is 16.5. The number of aromatic nitrogens is 1. The molecular formula is C15H15NO. The Morgan fingerprint density at radius 1 is 0.941 bits per heavy atom. The lowest BCUT2D eigenvalue weighted by Crippen LogP contribution is -1.84. The van der Waals surface area contributed by atoms with Crippen LogP contribution in [0.4, 0.5) is 0 Å². The Kier molecular flexibility index (Phi) is 2.11. The van der Waals surface area contributed by atoms with Crippen molar-refractivity contribution in [2.45, 2.75) is 13.8 Å². The molecule has 0 saturated carbocycles. The van der Waals surface area contributed by atoms with Crippen molar-refractivity contribution in [3.8, 4) is 5.75 Å². The van der Waals surface area contributed by atoms with E-state index in [4.69, 9.17) is 4.74 Å². The Labute approximate surface area is 100 Å². The minimum absolute atomic E-state index is 0.933. The van der Waals surface area contributed by atoms with Crippen molar-refractivity contribution in [2.24, 2.45) is 0 Å². The van der Waals surface area contributed by atoms with Crippen LogP contribution < -0.4 is 4.74 Å². The molecule has 0 aliphatic carbocycles. The highest BCUT2D eigenvalue weighted by molar-refractivity contribution is 6.12. The molecule has 3 aromatic rings. The molecule has 86 valence electrons. The first-order valence-electron chi connectivity index (χ1n) is 5.77. The fraction of sp³-hybridized carbons (Fsp3) is 0.200. The second-order valence-electron chi connectivity index (χ2n) is 4.46. The number of rotatable bonds is 1. The molecule has 2 nitrogen and oxygen atoms in total. The van der Waals surface area contributed by atoms with E-state index in [-0.39, 0.29) is 0 Å². The van der Waals surface area contributed by atoms with Gasteiger partial charge in [0.25, 0.3) is 0 Å². The number of benzene rings is 2. The summed E-state index contributed by atoms with van der Waals surface area (Å²) in [6.45, 7) is 4.27. The van der Waals surface area contributed by atoms with Gasteiger partial charge < -0.3 is 9.72 Å². The fourth-order valence-corrected chi connectivity index (χ4v) is 2.49. The second-order valence-corrected chi connectivity index (χ2v) is 4.46. The van der Waals surface area contributed by atoms with Crippen LogP contribution in [0.15, 0.2) is 30.3 Å². The van der Waals surface area contributed by atoms with E-state index < -0.39 is 0 Å². The van der Waals surface area contributed by atoms with Gasteiger partial charge in [0.15, 0.2) is 0 Å². The molecule has 2 heteroatoms. The number of aryl methyl sites for hydroxylation is 2. The molecule has 0 atom stereocenters. The molecule has 17 heavy (non-hydrogen) atoms. The second kappa shape index (κ2) is 3.52. The normalized spacial score (nSPS) is 11.2. The number of methoxy groups -OCH3 is 1. The number of hydrogen-bond acceptors (Lipinski definition) is 1. The van der Waals surface area contributed by atoms with Gasteiger partial charge in [-0.25, -0.2) is 0 Å². The molecule has 0 amide bonds. The zero-order valence-electron chi connectivity index (χ0n) is 10.3. The van der Waals surface area contributed by atoms with Crippen molar-refractivity contribution in [3.63, 3.8) is 0 Å². The van der Waals surface area contributed by atoms with Gasteiger partial charge in [0.2, 0.25) is 0 Å². The first-order chi connectivity index (χ1) is 8.22. The van der Waals surface area contributed by atoms with Crippen LogP contribution >= 0.6 is 0 Å². The molecule has 1 N–H and O–H groups in total. The standard InChI is InChI=1S/C15H15NO/c1-9-7-8-10(2)15-13(9)14-11(16-15)5-4-6-12(14)17-3/h4-8,16H,1-3H3. The van der Waals surface area contributed by atoms with E-state index in [0.717, 1.165) is 11.3 Å². The quantitative estimate of drug-likeness (QED) is 0.666. The van der Waals surface area contributed by atoms with Gasteiger partial charge in [-0.2, -0.15) is 0 Å². The molecular weight excluding hydrogens is 210 g/mol. The molecule has 0 unspecified atom stereocenters. The summed E-state index contributed by atoms with van der Waals surface area (Å²) in [4.78, 5) is 3.48. The van der Waals surface area contributed by atoms with Gasteiger partial charge in [-0.3, -0.25) is 0 Å². The van der Waals surface area contributed by atoms with E-state index in [1.165, 1.54) is 27.4 Å². The Balaban J connectivity index is 2.62. The third kappa shape index (κ3) is 1.34. The van der Waals surface area contributed by atoms with Crippen LogP contribution in [-0.4, -0.2) is 12.1 Å². The first kappa shape index (κ1) is 10.2. The lowest BCUT2D eigenvalue weighted by Gasteiger charge is -2.04. The minimum Gasteiger partial charge on any atom is -0.496 e. The van der Waals surface area contributed by atoms with Crippen molar-refractivity contribution >= 4 is 21.8 Å². The number of hydrogen-bond donors (Lipinski definition) is 1. The molecule has 0 aliphatic heterocycles. The first-order valence-corrected chi connectivity index (χ1v) is 5.77. The molecule has 0 saturated heterocycles. The van der Waals surface area contributed by atoms with Crippen LogP contribution in [0, 0.1) is 13.8 Å². The average Bonchev–Trinajstić information content (AvgIpc) is 2.74. The van der Waals surface area contributed by atoms with E-state index in [1.807, 2.05) is 12.1 Å². The largest absolute Gasteiger partial charge is 0.496 e. The van der Waals surface area contributed by atoms with Crippen molar-refractivity contribution in [2.75, 3.05) is 7.11 Å². The summed E-state index contributed by atoms with van der Waals surface area (Å²) >= 11 is 0. The lowest BCUT2D eigenvalue weighted by molar-refractivity contribution is 0.420. The van der Waals surface area contributed by atoms with Crippen LogP contribution in [0.25, 0.3) is 21.8 Å². The Hall–Kier alpha value is -1.96. The maximum atomic E-state index is 5.47. The summed E-state index contributed by atoms with van der Waals surface area (Å²) in [6, 6.07) is 10.4. The van der Waals surface area contributed by atoms with Gasteiger partial charge >= 0.3 is 0 Å². The molecule has 0 radical (unpaired) electrons. The topological polar surface area (TPSA) is 25.0 Å². The third-order valence-corrected chi connectivity index (χ3v) is 3.38. The molecule has 2 aromatic carbocycles. The highest BCUT2D eigenvalue weighted by Gasteiger charge is 2.12. The Morgan fingerprint density at radius 2 is 1.71 bits per heavy atom. The van der Waals surface area contributed by atoms with Crippen molar-refractivity contribution < 1.29 is 4.74 Å². The predicted octanol–water partition coefficient (Wildman–Crippen LogP) is 3.95. The summed E-state index contributed by atoms with van der Waals surface area (Å²) < 4.78 is 5.47. The summed E-state index contributed by atoms with van der Waals surface area (Å²) in [6.07, 6.45) is 0. The molecule has 1 heterocycles. The third-order valence-electron chi connectivity index (χ3n) is 3.38. The summed E-state index contributed by atoms with van der Waals surface area (Å²) in [5, 5.41) is 2.46. The van der Waals surface area contributed by atoms with Gasteiger partial charge in [0, 0.05) is 16.3 Å². The van der Waals surface area contributed by atoms with Crippen LogP contribution in [0.1, 0.15) is 11.1 Å². The Bertz CT molecular complexity index is 710. The van der Waals surface area contributed by atoms with Crippen LogP contribution in [0.2, 0.25) is 0 Å². The van der Waals surface area contributed by atoms with Crippen LogP contribution in [0.5, 0.6) is 5.75 Å². The maximum absolute atomic E-state index is 5.47. The molecule has 3 rings (SSSR count). The predicted molar refractivity (Wildman–Crippen MR) is 71.8 cm³/mol. The zero-order valence-corrected chi connectivity index (χ0v) is 10.3. The van der Waals surface area contributed by atoms with Gasteiger partial charge in [-0.1, -0.05) is 18.2 Å². The van der Waals surface area contributed by atoms with E-state index in [2.05, 4.69) is 37.0 Å². The minimum atomic E-state index is 0.933. The van der Waals surface area contributed by atoms with Gasteiger partial charge in [0.1, 0.15) is 5.75 Å². The number of aromatic amines is 1. The SMILES string of the molecule is COc1cccc2[nH]c3c(C)ccc(C)c3c12. The fourth-order valence-electron chi connectivity index (χ4n) is 2.49.